The van der Waals surface area contributed by atoms with E-state index in [1.807, 2.05) is 13.1 Å². The molecule has 1 N–H and O–H groups in total. The molecule has 0 spiro atoms. The summed E-state index contributed by atoms with van der Waals surface area (Å²) in [7, 11) is 2.00. The maximum atomic E-state index is 3.84. The lowest BCUT2D eigenvalue weighted by Gasteiger charge is -2.26. The van der Waals surface area contributed by atoms with Crippen LogP contribution in [-0.2, 0) is 13.0 Å². The summed E-state index contributed by atoms with van der Waals surface area (Å²) in [5.41, 5.74) is 2.88. The van der Waals surface area contributed by atoms with Crippen molar-refractivity contribution in [1.29, 1.82) is 0 Å². The first kappa shape index (κ1) is 14.9. The number of hydrogen-bond acceptors (Lipinski definition) is 2. The minimum absolute atomic E-state index is 0.542. The minimum Gasteiger partial charge on any atom is -0.319 e. The molecule has 0 atom stereocenters. The van der Waals surface area contributed by atoms with Gasteiger partial charge < -0.3 is 5.32 Å². The topological polar surface area (TPSA) is 15.3 Å². The van der Waals surface area contributed by atoms with Crippen LogP contribution >= 0.6 is 0 Å². The van der Waals surface area contributed by atoms with Gasteiger partial charge in [0.25, 0.3) is 0 Å². The molecule has 0 heterocycles. The maximum Gasteiger partial charge on any atom is 0.0242 e. The van der Waals surface area contributed by atoms with E-state index >= 15 is 0 Å². The fourth-order valence-corrected chi connectivity index (χ4v) is 2.06. The van der Waals surface area contributed by atoms with Crippen LogP contribution in [0.3, 0.4) is 0 Å². The third-order valence-corrected chi connectivity index (χ3v) is 3.23. The molecule has 0 radical (unpaired) electrons. The summed E-state index contributed by atoms with van der Waals surface area (Å²) in [5, 5.41) is 3.21. The summed E-state index contributed by atoms with van der Waals surface area (Å²) < 4.78 is 0. The van der Waals surface area contributed by atoms with Crippen LogP contribution in [0.25, 0.3) is 0 Å². The Bertz CT molecular complexity index is 358. The molecule has 2 nitrogen and oxygen atoms in total. The van der Waals surface area contributed by atoms with Gasteiger partial charge in [0, 0.05) is 19.1 Å². The molecule has 100 valence electrons. The zero-order valence-electron chi connectivity index (χ0n) is 11.9. The van der Waals surface area contributed by atoms with E-state index in [1.165, 1.54) is 11.1 Å². The molecule has 0 aliphatic rings. The summed E-state index contributed by atoms with van der Waals surface area (Å²) in [4.78, 5) is 2.44. The lowest BCUT2D eigenvalue weighted by atomic mass is 10.0. The van der Waals surface area contributed by atoms with Crippen molar-refractivity contribution in [3.8, 4) is 0 Å². The first-order valence-electron chi connectivity index (χ1n) is 6.75. The standard InChI is InChI=1S/C16H26N2/c1-5-12-18(14(2)3)13-16-9-7-6-8-15(16)10-11-17-4/h5-9,14,17H,1,10-13H2,2-4H3. The molecule has 2 heteroatoms. The van der Waals surface area contributed by atoms with E-state index in [0.29, 0.717) is 6.04 Å². The molecule has 0 amide bonds. The van der Waals surface area contributed by atoms with Gasteiger partial charge in [0.2, 0.25) is 0 Å². The Kier molecular flexibility index (Phi) is 6.69. The largest absolute Gasteiger partial charge is 0.319 e. The van der Waals surface area contributed by atoms with Gasteiger partial charge in [-0.2, -0.15) is 0 Å². The van der Waals surface area contributed by atoms with E-state index in [2.05, 4.69) is 54.9 Å². The van der Waals surface area contributed by atoms with Crippen LogP contribution in [0.1, 0.15) is 25.0 Å². The predicted octanol–water partition coefficient (Wildman–Crippen LogP) is 2.84. The molecule has 0 fully saturated rings. The van der Waals surface area contributed by atoms with Gasteiger partial charge >= 0.3 is 0 Å². The van der Waals surface area contributed by atoms with Crippen molar-refractivity contribution in [3.05, 3.63) is 48.0 Å². The van der Waals surface area contributed by atoms with Gasteiger partial charge in [-0.1, -0.05) is 30.3 Å². The molecule has 0 unspecified atom stereocenters. The van der Waals surface area contributed by atoms with E-state index in [-0.39, 0.29) is 0 Å². The summed E-state index contributed by atoms with van der Waals surface area (Å²) >= 11 is 0. The molecule has 0 aliphatic heterocycles. The van der Waals surface area contributed by atoms with Gasteiger partial charge in [-0.25, -0.2) is 0 Å². The Morgan fingerprint density at radius 3 is 2.50 bits per heavy atom. The van der Waals surface area contributed by atoms with Gasteiger partial charge in [0.05, 0.1) is 0 Å². The third kappa shape index (κ3) is 4.63. The Morgan fingerprint density at radius 1 is 1.28 bits per heavy atom. The first-order valence-corrected chi connectivity index (χ1v) is 6.75. The number of nitrogens with one attached hydrogen (secondary N) is 1. The monoisotopic (exact) mass is 246 g/mol. The fourth-order valence-electron chi connectivity index (χ4n) is 2.06. The van der Waals surface area contributed by atoms with E-state index in [1.54, 1.807) is 0 Å². The van der Waals surface area contributed by atoms with Gasteiger partial charge in [0.1, 0.15) is 0 Å². The van der Waals surface area contributed by atoms with Gasteiger partial charge in [0.15, 0.2) is 0 Å². The second-order valence-corrected chi connectivity index (χ2v) is 4.93. The highest BCUT2D eigenvalue weighted by Gasteiger charge is 2.10. The number of likely N-dealkylation sites (N-methyl/N-ethyl adjacent to an activating group) is 1. The van der Waals surface area contributed by atoms with Crippen LogP contribution in [0.4, 0.5) is 0 Å². The highest BCUT2D eigenvalue weighted by atomic mass is 15.1. The Morgan fingerprint density at radius 2 is 1.94 bits per heavy atom. The highest BCUT2D eigenvalue weighted by molar-refractivity contribution is 5.27. The number of hydrogen-bond donors (Lipinski definition) is 1. The van der Waals surface area contributed by atoms with E-state index in [4.69, 9.17) is 0 Å². The second-order valence-electron chi connectivity index (χ2n) is 4.93. The van der Waals surface area contributed by atoms with Gasteiger partial charge in [-0.15, -0.1) is 6.58 Å². The van der Waals surface area contributed by atoms with Crippen molar-refractivity contribution in [2.24, 2.45) is 0 Å². The molecule has 18 heavy (non-hydrogen) atoms. The molecule has 1 aromatic carbocycles. The number of rotatable bonds is 8. The van der Waals surface area contributed by atoms with Gasteiger partial charge in [-0.05, 0) is 45.0 Å². The van der Waals surface area contributed by atoms with Crippen LogP contribution < -0.4 is 5.32 Å². The first-order chi connectivity index (χ1) is 8.69. The van der Waals surface area contributed by atoms with Gasteiger partial charge in [-0.3, -0.25) is 4.90 Å². The molecule has 0 saturated heterocycles. The van der Waals surface area contributed by atoms with E-state index in [0.717, 1.165) is 26.1 Å². The van der Waals surface area contributed by atoms with E-state index in [9.17, 15) is 0 Å². The lowest BCUT2D eigenvalue weighted by molar-refractivity contribution is 0.237. The van der Waals surface area contributed by atoms with Crippen molar-refractivity contribution in [3.63, 3.8) is 0 Å². The van der Waals surface area contributed by atoms with Crippen LogP contribution in [0.5, 0.6) is 0 Å². The van der Waals surface area contributed by atoms with Crippen LogP contribution in [0, 0.1) is 0 Å². The molecule has 0 bridgehead atoms. The van der Waals surface area contributed by atoms with Crippen molar-refractivity contribution >= 4 is 0 Å². The predicted molar refractivity (Wildman–Crippen MR) is 79.8 cm³/mol. The molecular weight excluding hydrogens is 220 g/mol. The average molecular weight is 246 g/mol. The van der Waals surface area contributed by atoms with Crippen molar-refractivity contribution in [2.75, 3.05) is 20.1 Å². The van der Waals surface area contributed by atoms with Crippen molar-refractivity contribution in [2.45, 2.75) is 32.9 Å². The normalized spacial score (nSPS) is 11.2. The Hall–Kier alpha value is -1.12. The van der Waals surface area contributed by atoms with Crippen molar-refractivity contribution in [1.82, 2.24) is 10.2 Å². The smallest absolute Gasteiger partial charge is 0.0242 e. The number of nitrogens with zero attached hydrogens (tertiary/aromatic N) is 1. The molecule has 1 aromatic rings. The van der Waals surface area contributed by atoms with E-state index < -0.39 is 0 Å². The zero-order valence-corrected chi connectivity index (χ0v) is 11.9. The highest BCUT2D eigenvalue weighted by Crippen LogP contribution is 2.14. The molecule has 0 aliphatic carbocycles. The second kappa shape index (κ2) is 8.06. The summed E-state index contributed by atoms with van der Waals surface area (Å²) in [5.74, 6) is 0. The molecule has 1 rings (SSSR count). The molecule has 0 aromatic heterocycles. The average Bonchev–Trinajstić information content (AvgIpc) is 2.37. The molecule has 0 saturated carbocycles. The SMILES string of the molecule is C=CCN(Cc1ccccc1CCNC)C(C)C. The maximum absolute atomic E-state index is 3.84. The Balaban J connectivity index is 2.77. The van der Waals surface area contributed by atoms with Crippen molar-refractivity contribution < 1.29 is 0 Å². The molecular formula is C16H26N2. The van der Waals surface area contributed by atoms with Crippen LogP contribution in [0.15, 0.2) is 36.9 Å². The lowest BCUT2D eigenvalue weighted by Crippen LogP contribution is -2.30. The number of benzene rings is 1. The summed E-state index contributed by atoms with van der Waals surface area (Å²) in [6.45, 7) is 11.3. The Labute approximate surface area is 112 Å². The van der Waals surface area contributed by atoms with Crippen LogP contribution in [0.2, 0.25) is 0 Å². The quantitative estimate of drug-likeness (QED) is 0.710. The zero-order chi connectivity index (χ0) is 13.4. The van der Waals surface area contributed by atoms with Crippen LogP contribution in [-0.4, -0.2) is 31.1 Å². The minimum atomic E-state index is 0.542. The summed E-state index contributed by atoms with van der Waals surface area (Å²) in [6, 6.07) is 9.27. The summed E-state index contributed by atoms with van der Waals surface area (Å²) in [6.07, 6.45) is 3.07. The fraction of sp³-hybridized carbons (Fsp3) is 0.500. The third-order valence-electron chi connectivity index (χ3n) is 3.23.